The normalized spacial score (nSPS) is 21.2. The second-order valence-electron chi connectivity index (χ2n) is 8.61. The summed E-state index contributed by atoms with van der Waals surface area (Å²) in [5.74, 6) is -1.95. The molecule has 1 aromatic heterocycles. The first kappa shape index (κ1) is 21.3. The van der Waals surface area contributed by atoms with Crippen molar-refractivity contribution in [2.45, 2.75) is 44.3 Å². The zero-order valence-corrected chi connectivity index (χ0v) is 18.1. The first-order valence-corrected chi connectivity index (χ1v) is 11.3. The van der Waals surface area contributed by atoms with E-state index in [0.29, 0.717) is 17.7 Å². The Hall–Kier alpha value is -3.59. The molecule has 0 radical (unpaired) electrons. The molecule has 170 valence electrons. The van der Waals surface area contributed by atoms with Crippen molar-refractivity contribution in [2.24, 2.45) is 0 Å². The third kappa shape index (κ3) is 3.89. The van der Waals surface area contributed by atoms with Crippen LogP contribution in [0.4, 0.5) is 5.69 Å². The average molecular weight is 447 g/mol. The zero-order chi connectivity index (χ0) is 22.9. The van der Waals surface area contributed by atoms with E-state index in [2.05, 4.69) is 20.5 Å². The molecule has 1 aromatic carbocycles. The topological polar surface area (TPSA) is 112 Å². The van der Waals surface area contributed by atoms with Crippen molar-refractivity contribution < 1.29 is 19.2 Å². The van der Waals surface area contributed by atoms with E-state index in [1.165, 1.54) is 0 Å². The number of hydrogen-bond acceptors (Lipinski definition) is 7. The number of aromatic nitrogens is 1. The highest BCUT2D eigenvalue weighted by atomic mass is 16.2. The number of nitrogens with one attached hydrogen (secondary N) is 2. The lowest BCUT2D eigenvalue weighted by atomic mass is 9.99. The summed E-state index contributed by atoms with van der Waals surface area (Å²) in [7, 11) is 0. The molecular weight excluding hydrogens is 422 g/mol. The molecule has 2 N–H and O–H groups in total. The molecule has 0 spiro atoms. The van der Waals surface area contributed by atoms with Gasteiger partial charge in [-0.05, 0) is 56.1 Å². The van der Waals surface area contributed by atoms with Gasteiger partial charge < -0.3 is 10.2 Å². The standard InChI is InChI=1S/C24H25N5O4/c30-20-7-6-19(22(31)27-20)29-23(32)18-5-1-3-15(21(18)24(29)33)14-28(16-8-11-25-12-9-16)17-4-2-10-26-13-17/h1-5,10,13,16,19,25H,6-9,11-12,14H2,(H,27,30,31). The maximum atomic E-state index is 13.4. The summed E-state index contributed by atoms with van der Waals surface area (Å²) < 4.78 is 0. The van der Waals surface area contributed by atoms with Crippen LogP contribution in [0.15, 0.2) is 42.7 Å². The van der Waals surface area contributed by atoms with Gasteiger partial charge in [0.15, 0.2) is 0 Å². The second kappa shape index (κ2) is 8.74. The largest absolute Gasteiger partial charge is 0.363 e. The molecule has 9 nitrogen and oxygen atoms in total. The number of nitrogens with zero attached hydrogens (tertiary/aromatic N) is 3. The van der Waals surface area contributed by atoms with E-state index >= 15 is 0 Å². The molecule has 4 heterocycles. The van der Waals surface area contributed by atoms with Crippen LogP contribution in [-0.2, 0) is 16.1 Å². The average Bonchev–Trinajstić information content (AvgIpc) is 3.09. The van der Waals surface area contributed by atoms with E-state index in [1.54, 1.807) is 18.3 Å². The Labute approximate surface area is 191 Å². The van der Waals surface area contributed by atoms with Gasteiger partial charge in [0.25, 0.3) is 11.8 Å². The Morgan fingerprint density at radius 3 is 2.55 bits per heavy atom. The monoisotopic (exact) mass is 447 g/mol. The van der Waals surface area contributed by atoms with Gasteiger partial charge in [-0.3, -0.25) is 34.4 Å². The second-order valence-corrected chi connectivity index (χ2v) is 8.61. The molecule has 0 aliphatic carbocycles. The summed E-state index contributed by atoms with van der Waals surface area (Å²) >= 11 is 0. The van der Waals surface area contributed by atoms with E-state index < -0.39 is 23.8 Å². The Balaban J connectivity index is 1.48. The van der Waals surface area contributed by atoms with E-state index in [0.717, 1.165) is 42.1 Å². The third-order valence-electron chi connectivity index (χ3n) is 6.62. The van der Waals surface area contributed by atoms with E-state index in [1.807, 2.05) is 24.4 Å². The van der Waals surface area contributed by atoms with Gasteiger partial charge in [0.2, 0.25) is 11.8 Å². The van der Waals surface area contributed by atoms with Crippen molar-refractivity contribution in [3.63, 3.8) is 0 Å². The lowest BCUT2D eigenvalue weighted by Gasteiger charge is -2.36. The molecule has 3 aliphatic heterocycles. The van der Waals surface area contributed by atoms with Gasteiger partial charge >= 0.3 is 0 Å². The summed E-state index contributed by atoms with van der Waals surface area (Å²) in [4.78, 5) is 58.1. The highest BCUT2D eigenvalue weighted by Crippen LogP contribution is 2.32. The van der Waals surface area contributed by atoms with Crippen LogP contribution < -0.4 is 15.5 Å². The van der Waals surface area contributed by atoms with Crippen molar-refractivity contribution in [1.29, 1.82) is 0 Å². The van der Waals surface area contributed by atoms with Gasteiger partial charge in [0.1, 0.15) is 6.04 Å². The van der Waals surface area contributed by atoms with Crippen LogP contribution in [0.25, 0.3) is 0 Å². The number of pyridine rings is 1. The van der Waals surface area contributed by atoms with Crippen LogP contribution in [-0.4, -0.2) is 58.7 Å². The number of fused-ring (bicyclic) bond motifs is 1. The van der Waals surface area contributed by atoms with Crippen molar-refractivity contribution in [2.75, 3.05) is 18.0 Å². The minimum absolute atomic E-state index is 0.0984. The molecular formula is C24H25N5O4. The number of anilines is 1. The Kier molecular flexibility index (Phi) is 5.63. The maximum absolute atomic E-state index is 13.4. The van der Waals surface area contributed by atoms with Crippen molar-refractivity contribution in [3.05, 3.63) is 59.4 Å². The first-order valence-electron chi connectivity index (χ1n) is 11.3. The third-order valence-corrected chi connectivity index (χ3v) is 6.62. The van der Waals surface area contributed by atoms with Gasteiger partial charge in [0, 0.05) is 25.2 Å². The highest BCUT2D eigenvalue weighted by Gasteiger charge is 2.45. The summed E-state index contributed by atoms with van der Waals surface area (Å²) in [5, 5.41) is 5.62. The molecule has 3 aliphatic rings. The van der Waals surface area contributed by atoms with Crippen LogP contribution in [0.5, 0.6) is 0 Å². The smallest absolute Gasteiger partial charge is 0.262 e. The Bertz CT molecular complexity index is 1110. The van der Waals surface area contributed by atoms with Crippen molar-refractivity contribution in [1.82, 2.24) is 20.5 Å². The number of carbonyl (C=O) groups excluding carboxylic acids is 4. The molecule has 2 saturated heterocycles. The summed E-state index contributed by atoms with van der Waals surface area (Å²) in [6.45, 7) is 2.27. The molecule has 0 saturated carbocycles. The number of benzene rings is 1. The van der Waals surface area contributed by atoms with E-state index in [9.17, 15) is 19.2 Å². The summed E-state index contributed by atoms with van der Waals surface area (Å²) in [6, 6.07) is 8.45. The Morgan fingerprint density at radius 2 is 1.82 bits per heavy atom. The number of imide groups is 2. The fourth-order valence-corrected chi connectivity index (χ4v) is 4.97. The number of piperidine rings is 2. The predicted molar refractivity (Wildman–Crippen MR) is 119 cm³/mol. The molecule has 5 rings (SSSR count). The molecule has 2 aromatic rings. The molecule has 0 bridgehead atoms. The lowest BCUT2D eigenvalue weighted by molar-refractivity contribution is -0.136. The van der Waals surface area contributed by atoms with Gasteiger partial charge in [-0.25, -0.2) is 0 Å². The maximum Gasteiger partial charge on any atom is 0.262 e. The van der Waals surface area contributed by atoms with Crippen LogP contribution in [0.3, 0.4) is 0 Å². The fraction of sp³-hybridized carbons (Fsp3) is 0.375. The SMILES string of the molecule is O=C1CCC(N2C(=O)c3cccc(CN(c4cccnc4)C4CCNCC4)c3C2=O)C(=O)N1. The summed E-state index contributed by atoms with van der Waals surface area (Å²) in [6.07, 6.45) is 5.69. The lowest BCUT2D eigenvalue weighted by Crippen LogP contribution is -2.54. The van der Waals surface area contributed by atoms with Crippen molar-refractivity contribution >= 4 is 29.3 Å². The molecule has 1 atom stereocenters. The highest BCUT2D eigenvalue weighted by molar-refractivity contribution is 6.24. The van der Waals surface area contributed by atoms with Crippen LogP contribution in [0.1, 0.15) is 52.0 Å². The molecule has 1 unspecified atom stereocenters. The quantitative estimate of drug-likeness (QED) is 0.664. The zero-order valence-electron chi connectivity index (χ0n) is 18.1. The number of hydrogen-bond donors (Lipinski definition) is 2. The minimum atomic E-state index is -0.971. The molecule has 4 amide bonds. The van der Waals surface area contributed by atoms with Crippen molar-refractivity contribution in [3.8, 4) is 0 Å². The van der Waals surface area contributed by atoms with Gasteiger partial charge in [-0.1, -0.05) is 12.1 Å². The first-order chi connectivity index (χ1) is 16.0. The minimum Gasteiger partial charge on any atom is -0.363 e. The summed E-state index contributed by atoms with van der Waals surface area (Å²) in [5.41, 5.74) is 2.34. The Morgan fingerprint density at radius 1 is 1.00 bits per heavy atom. The van der Waals surface area contributed by atoms with Crippen LogP contribution in [0.2, 0.25) is 0 Å². The number of carbonyl (C=O) groups is 4. The van der Waals surface area contributed by atoms with Gasteiger partial charge in [-0.15, -0.1) is 0 Å². The van der Waals surface area contributed by atoms with E-state index in [4.69, 9.17) is 0 Å². The van der Waals surface area contributed by atoms with Crippen LogP contribution >= 0.6 is 0 Å². The number of amides is 4. The molecule has 33 heavy (non-hydrogen) atoms. The molecule has 9 heteroatoms. The van der Waals surface area contributed by atoms with Crippen LogP contribution in [0, 0.1) is 0 Å². The fourth-order valence-electron chi connectivity index (χ4n) is 4.97. The number of rotatable bonds is 5. The van der Waals surface area contributed by atoms with Gasteiger partial charge in [-0.2, -0.15) is 0 Å². The molecule has 2 fully saturated rings. The predicted octanol–water partition coefficient (Wildman–Crippen LogP) is 1.24. The van der Waals surface area contributed by atoms with Gasteiger partial charge in [0.05, 0.1) is 23.0 Å². The van der Waals surface area contributed by atoms with E-state index in [-0.39, 0.29) is 24.8 Å².